The Morgan fingerprint density at radius 1 is 1.08 bits per heavy atom. The van der Waals surface area contributed by atoms with E-state index in [-0.39, 0.29) is 0 Å². The molecule has 5 nitrogen and oxygen atoms in total. The molecule has 24 heavy (non-hydrogen) atoms. The van der Waals surface area contributed by atoms with Gasteiger partial charge in [-0.3, -0.25) is 0 Å². The molecule has 0 unspecified atom stereocenters. The van der Waals surface area contributed by atoms with Gasteiger partial charge in [0.1, 0.15) is 0 Å². The maximum Gasteiger partial charge on any atom is 0.249 e. The van der Waals surface area contributed by atoms with Crippen LogP contribution in [-0.2, 0) is 6.42 Å². The molecular weight excluding hydrogens is 322 g/mol. The minimum absolute atomic E-state index is 0.435. The standard InChI is InChI=1S/C18H18ClN5/c1-13-7-8-15(19)11-16(13)22-18-23-17(12-21-24-18)20-10-9-14-5-3-2-4-6-14/h2-8,11-12H,9-10H2,1H3,(H2,20,22,23,24). The largest absolute Gasteiger partial charge is 0.368 e. The van der Waals surface area contributed by atoms with Crippen LogP contribution in [0.4, 0.5) is 17.5 Å². The van der Waals surface area contributed by atoms with E-state index in [2.05, 4.69) is 37.9 Å². The van der Waals surface area contributed by atoms with Gasteiger partial charge in [0.15, 0.2) is 5.82 Å². The van der Waals surface area contributed by atoms with Gasteiger partial charge in [0, 0.05) is 17.3 Å². The molecule has 0 spiro atoms. The summed E-state index contributed by atoms with van der Waals surface area (Å²) in [4.78, 5) is 4.43. The average Bonchev–Trinajstić information content (AvgIpc) is 2.60. The third kappa shape index (κ3) is 4.43. The molecule has 0 saturated carbocycles. The van der Waals surface area contributed by atoms with Crippen LogP contribution in [0.1, 0.15) is 11.1 Å². The predicted octanol–water partition coefficient (Wildman–Crippen LogP) is 4.23. The highest BCUT2D eigenvalue weighted by atomic mass is 35.5. The first-order chi connectivity index (χ1) is 11.7. The summed E-state index contributed by atoms with van der Waals surface area (Å²) in [6, 6.07) is 15.9. The predicted molar refractivity (Wildman–Crippen MR) is 97.9 cm³/mol. The summed E-state index contributed by atoms with van der Waals surface area (Å²) in [5, 5.41) is 15.1. The second-order valence-electron chi connectivity index (χ2n) is 5.41. The second kappa shape index (κ2) is 7.75. The van der Waals surface area contributed by atoms with Gasteiger partial charge in [-0.2, -0.15) is 10.1 Å². The summed E-state index contributed by atoms with van der Waals surface area (Å²) in [6.07, 6.45) is 2.53. The lowest BCUT2D eigenvalue weighted by atomic mass is 10.1. The van der Waals surface area contributed by atoms with Gasteiger partial charge in [-0.05, 0) is 36.6 Å². The summed E-state index contributed by atoms with van der Waals surface area (Å²) < 4.78 is 0. The number of nitrogens with zero attached hydrogens (tertiary/aromatic N) is 3. The molecule has 0 fully saturated rings. The summed E-state index contributed by atoms with van der Waals surface area (Å²) in [5.41, 5.74) is 3.20. The normalized spacial score (nSPS) is 10.4. The number of hydrogen-bond acceptors (Lipinski definition) is 5. The fourth-order valence-corrected chi connectivity index (χ4v) is 2.44. The third-order valence-corrected chi connectivity index (χ3v) is 3.80. The van der Waals surface area contributed by atoms with Crippen molar-refractivity contribution >= 4 is 29.1 Å². The molecule has 3 rings (SSSR count). The molecule has 0 aliphatic carbocycles. The molecule has 2 N–H and O–H groups in total. The van der Waals surface area contributed by atoms with Gasteiger partial charge in [-0.1, -0.05) is 48.0 Å². The zero-order valence-electron chi connectivity index (χ0n) is 13.3. The van der Waals surface area contributed by atoms with Crippen molar-refractivity contribution in [2.45, 2.75) is 13.3 Å². The van der Waals surface area contributed by atoms with E-state index in [1.165, 1.54) is 5.56 Å². The molecule has 0 radical (unpaired) electrons. The maximum absolute atomic E-state index is 6.03. The van der Waals surface area contributed by atoms with Crippen LogP contribution in [0.15, 0.2) is 54.7 Å². The molecular formula is C18H18ClN5. The Bertz CT molecular complexity index is 808. The molecule has 0 aliphatic rings. The van der Waals surface area contributed by atoms with E-state index in [1.54, 1.807) is 6.20 Å². The molecule has 0 amide bonds. The SMILES string of the molecule is Cc1ccc(Cl)cc1Nc1nncc(NCCc2ccccc2)n1. The summed E-state index contributed by atoms with van der Waals surface area (Å²) >= 11 is 6.03. The van der Waals surface area contributed by atoms with Crippen molar-refractivity contribution in [1.82, 2.24) is 15.2 Å². The molecule has 0 atom stereocenters. The van der Waals surface area contributed by atoms with Gasteiger partial charge in [0.25, 0.3) is 0 Å². The van der Waals surface area contributed by atoms with Crippen LogP contribution in [0.5, 0.6) is 0 Å². The van der Waals surface area contributed by atoms with Gasteiger partial charge >= 0.3 is 0 Å². The van der Waals surface area contributed by atoms with Gasteiger partial charge in [0.2, 0.25) is 5.95 Å². The molecule has 2 aromatic carbocycles. The van der Waals surface area contributed by atoms with Crippen LogP contribution in [0.3, 0.4) is 0 Å². The topological polar surface area (TPSA) is 62.7 Å². The van der Waals surface area contributed by atoms with Gasteiger partial charge in [-0.25, -0.2) is 0 Å². The van der Waals surface area contributed by atoms with Crippen molar-refractivity contribution in [2.24, 2.45) is 0 Å². The smallest absolute Gasteiger partial charge is 0.249 e. The highest BCUT2D eigenvalue weighted by Gasteiger charge is 2.04. The summed E-state index contributed by atoms with van der Waals surface area (Å²) in [7, 11) is 0. The quantitative estimate of drug-likeness (QED) is 0.703. The fraction of sp³-hybridized carbons (Fsp3) is 0.167. The van der Waals surface area contributed by atoms with Crippen LogP contribution in [-0.4, -0.2) is 21.7 Å². The number of rotatable bonds is 6. The van der Waals surface area contributed by atoms with Crippen molar-refractivity contribution in [3.8, 4) is 0 Å². The lowest BCUT2D eigenvalue weighted by Gasteiger charge is -2.10. The van der Waals surface area contributed by atoms with Gasteiger partial charge in [0.05, 0.1) is 6.20 Å². The van der Waals surface area contributed by atoms with E-state index >= 15 is 0 Å². The summed E-state index contributed by atoms with van der Waals surface area (Å²) in [6.45, 7) is 2.77. The van der Waals surface area contributed by atoms with E-state index in [1.807, 2.05) is 43.3 Å². The number of halogens is 1. The van der Waals surface area contributed by atoms with E-state index in [4.69, 9.17) is 11.6 Å². The molecule has 1 aromatic heterocycles. The number of benzene rings is 2. The van der Waals surface area contributed by atoms with Crippen molar-refractivity contribution in [2.75, 3.05) is 17.2 Å². The van der Waals surface area contributed by atoms with Crippen LogP contribution in [0.2, 0.25) is 5.02 Å². The van der Waals surface area contributed by atoms with Crippen LogP contribution in [0, 0.1) is 6.92 Å². The first kappa shape index (κ1) is 16.2. The Balaban J connectivity index is 1.62. The van der Waals surface area contributed by atoms with Gasteiger partial charge in [-0.15, -0.1) is 5.10 Å². The van der Waals surface area contributed by atoms with E-state index in [9.17, 15) is 0 Å². The molecule has 0 aliphatic heterocycles. The first-order valence-electron chi connectivity index (χ1n) is 7.71. The van der Waals surface area contributed by atoms with Gasteiger partial charge < -0.3 is 10.6 Å². The van der Waals surface area contributed by atoms with Crippen LogP contribution < -0.4 is 10.6 Å². The zero-order valence-corrected chi connectivity index (χ0v) is 14.1. The highest BCUT2D eigenvalue weighted by molar-refractivity contribution is 6.30. The van der Waals surface area contributed by atoms with Crippen LogP contribution >= 0.6 is 11.6 Å². The molecule has 0 bridgehead atoms. The molecule has 122 valence electrons. The maximum atomic E-state index is 6.03. The highest BCUT2D eigenvalue weighted by Crippen LogP contribution is 2.22. The van der Waals surface area contributed by atoms with Crippen molar-refractivity contribution in [3.05, 3.63) is 70.9 Å². The Labute approximate surface area is 146 Å². The molecule has 0 saturated heterocycles. The lowest BCUT2D eigenvalue weighted by molar-refractivity contribution is 0.950. The number of aromatic nitrogens is 3. The Hall–Kier alpha value is -2.66. The Morgan fingerprint density at radius 2 is 1.92 bits per heavy atom. The summed E-state index contributed by atoms with van der Waals surface area (Å²) in [5.74, 6) is 1.12. The lowest BCUT2D eigenvalue weighted by Crippen LogP contribution is -2.09. The average molecular weight is 340 g/mol. The molecule has 6 heteroatoms. The number of anilines is 3. The second-order valence-corrected chi connectivity index (χ2v) is 5.85. The number of hydrogen-bond donors (Lipinski definition) is 2. The van der Waals surface area contributed by atoms with E-state index < -0.39 is 0 Å². The minimum atomic E-state index is 0.435. The monoisotopic (exact) mass is 339 g/mol. The third-order valence-electron chi connectivity index (χ3n) is 3.57. The van der Waals surface area contributed by atoms with Crippen molar-refractivity contribution < 1.29 is 0 Å². The molecule has 3 aromatic rings. The first-order valence-corrected chi connectivity index (χ1v) is 8.09. The minimum Gasteiger partial charge on any atom is -0.368 e. The zero-order chi connectivity index (χ0) is 16.8. The van der Waals surface area contributed by atoms with Crippen molar-refractivity contribution in [3.63, 3.8) is 0 Å². The van der Waals surface area contributed by atoms with Crippen molar-refractivity contribution in [1.29, 1.82) is 0 Å². The van der Waals surface area contributed by atoms with E-state index in [0.717, 1.165) is 24.2 Å². The van der Waals surface area contributed by atoms with Crippen LogP contribution in [0.25, 0.3) is 0 Å². The molecule has 1 heterocycles. The Morgan fingerprint density at radius 3 is 2.75 bits per heavy atom. The Kier molecular flexibility index (Phi) is 5.23. The van der Waals surface area contributed by atoms with E-state index in [0.29, 0.717) is 16.8 Å². The fourth-order valence-electron chi connectivity index (χ4n) is 2.27. The number of nitrogens with one attached hydrogen (secondary N) is 2. The number of aryl methyl sites for hydroxylation is 1.